The Labute approximate surface area is 250 Å². The zero-order chi connectivity index (χ0) is 30.7. The van der Waals surface area contributed by atoms with Gasteiger partial charge in [0.25, 0.3) is 17.0 Å². The van der Waals surface area contributed by atoms with Gasteiger partial charge < -0.3 is 24.6 Å². The summed E-state index contributed by atoms with van der Waals surface area (Å²) in [5.41, 5.74) is -1.44. The molecule has 13 nitrogen and oxygen atoms in total. The zero-order valence-corrected chi connectivity index (χ0v) is 24.1. The van der Waals surface area contributed by atoms with Crippen molar-refractivity contribution in [2.45, 2.75) is 37.8 Å². The predicted octanol–water partition coefficient (Wildman–Crippen LogP) is 3.66. The molecule has 0 atom stereocenters. The van der Waals surface area contributed by atoms with Gasteiger partial charge in [0.1, 0.15) is 11.5 Å². The maximum Gasteiger partial charge on any atom is 0.507 e. The van der Waals surface area contributed by atoms with E-state index in [1.807, 2.05) is 0 Å². The fourth-order valence-electron chi connectivity index (χ4n) is 8.01. The summed E-state index contributed by atoms with van der Waals surface area (Å²) in [4.78, 5) is 51.8. The van der Waals surface area contributed by atoms with E-state index < -0.39 is 28.9 Å². The second-order valence-corrected chi connectivity index (χ2v) is 11.9. The first-order valence-electron chi connectivity index (χ1n) is 14.5. The van der Waals surface area contributed by atoms with Crippen LogP contribution in [0.4, 0.5) is 4.79 Å². The molecule has 44 heavy (non-hydrogen) atoms. The summed E-state index contributed by atoms with van der Waals surface area (Å²) in [6.45, 7) is 0. The summed E-state index contributed by atoms with van der Waals surface area (Å²) >= 11 is 0. The first kappa shape index (κ1) is 27.7. The number of aromatic nitrogens is 4. The fraction of sp³-hybridized carbons (Fsp3) is 0.387. The smallest absolute Gasteiger partial charge is 0.496 e. The Kier molecular flexibility index (Phi) is 6.48. The van der Waals surface area contributed by atoms with Crippen LogP contribution in [-0.4, -0.2) is 57.1 Å². The molecule has 4 aliphatic rings. The average Bonchev–Trinajstić information content (AvgIpc) is 3.45. The number of rotatable bonds is 7. The van der Waals surface area contributed by atoms with Crippen LogP contribution in [-0.2, 0) is 4.74 Å². The molecule has 228 valence electrons. The molecule has 4 fully saturated rings. The molecule has 0 spiro atoms. The normalized spacial score (nSPS) is 25.1. The summed E-state index contributed by atoms with van der Waals surface area (Å²) in [7, 11) is 2.99. The molecule has 13 heteroatoms. The van der Waals surface area contributed by atoms with E-state index in [4.69, 9.17) is 14.2 Å². The zero-order valence-electron chi connectivity index (χ0n) is 24.1. The van der Waals surface area contributed by atoms with Crippen molar-refractivity contribution in [3.05, 3.63) is 68.9 Å². The second-order valence-electron chi connectivity index (χ2n) is 11.9. The van der Waals surface area contributed by atoms with Gasteiger partial charge in [-0.2, -0.15) is 5.10 Å². The lowest BCUT2D eigenvalue weighted by Crippen LogP contribution is -2.68. The number of H-pyrrole nitrogens is 2. The van der Waals surface area contributed by atoms with Crippen molar-refractivity contribution in [1.82, 2.24) is 25.3 Å². The lowest BCUT2D eigenvalue weighted by molar-refractivity contribution is -0.191. The Morgan fingerprint density at radius 2 is 1.55 bits per heavy atom. The van der Waals surface area contributed by atoms with Crippen LogP contribution in [0.2, 0.25) is 0 Å². The third-order valence-corrected chi connectivity index (χ3v) is 9.57. The predicted molar refractivity (Wildman–Crippen MR) is 157 cm³/mol. The number of hydrogen-bond acceptors (Lipinski definition) is 8. The molecule has 4 saturated carbocycles. The van der Waals surface area contributed by atoms with Crippen LogP contribution in [0, 0.1) is 23.7 Å². The highest BCUT2D eigenvalue weighted by Gasteiger charge is 2.61. The molecule has 0 unspecified atom stereocenters. The van der Waals surface area contributed by atoms with Crippen LogP contribution in [0.15, 0.2) is 52.1 Å². The van der Waals surface area contributed by atoms with Gasteiger partial charge in [0, 0.05) is 11.8 Å². The van der Waals surface area contributed by atoms with E-state index in [2.05, 4.69) is 20.6 Å². The van der Waals surface area contributed by atoms with Crippen molar-refractivity contribution in [2.24, 2.45) is 23.7 Å². The highest BCUT2D eigenvalue weighted by molar-refractivity contribution is 5.96. The summed E-state index contributed by atoms with van der Waals surface area (Å²) in [6.07, 6.45) is 2.82. The van der Waals surface area contributed by atoms with Gasteiger partial charge in [0.05, 0.1) is 41.9 Å². The molecule has 8 rings (SSSR count). The van der Waals surface area contributed by atoms with Crippen LogP contribution >= 0.6 is 0 Å². The van der Waals surface area contributed by atoms with E-state index in [0.717, 1.165) is 32.1 Å². The number of carbonyl (C=O) groups is 2. The van der Waals surface area contributed by atoms with Crippen molar-refractivity contribution in [3.8, 4) is 28.4 Å². The van der Waals surface area contributed by atoms with Crippen molar-refractivity contribution in [2.75, 3.05) is 14.2 Å². The fourth-order valence-corrected chi connectivity index (χ4v) is 8.01. The van der Waals surface area contributed by atoms with Crippen molar-refractivity contribution >= 4 is 22.8 Å². The molecular formula is C31H31N5O8. The van der Waals surface area contributed by atoms with Crippen LogP contribution in [0.1, 0.15) is 42.6 Å². The average molecular weight is 602 g/mol. The first-order valence-corrected chi connectivity index (χ1v) is 14.5. The van der Waals surface area contributed by atoms with Crippen LogP contribution < -0.4 is 25.9 Å². The maximum absolute atomic E-state index is 14.1. The van der Waals surface area contributed by atoms with Gasteiger partial charge in [0.15, 0.2) is 11.4 Å². The number of carboxylic acid groups (broad SMARTS) is 1. The minimum Gasteiger partial charge on any atom is -0.496 e. The molecule has 4 bridgehead atoms. The van der Waals surface area contributed by atoms with E-state index >= 15 is 0 Å². The minimum absolute atomic E-state index is 0.0478. The number of benzene rings is 2. The molecule has 0 saturated heterocycles. The highest BCUT2D eigenvalue weighted by Crippen LogP contribution is 2.58. The summed E-state index contributed by atoms with van der Waals surface area (Å²) in [5, 5.41) is 22.3. The molecule has 4 aliphatic carbocycles. The molecule has 2 aromatic heterocycles. The number of nitrogens with zero attached hydrogens (tertiary/aromatic N) is 2. The van der Waals surface area contributed by atoms with Gasteiger partial charge >= 0.3 is 6.16 Å². The van der Waals surface area contributed by atoms with Crippen molar-refractivity contribution in [3.63, 3.8) is 0 Å². The first-order chi connectivity index (χ1) is 21.2. The molecule has 1 amide bonds. The van der Waals surface area contributed by atoms with E-state index in [0.29, 0.717) is 34.6 Å². The van der Waals surface area contributed by atoms with Crippen molar-refractivity contribution in [1.29, 1.82) is 0 Å². The number of amides is 1. The number of aromatic amines is 2. The van der Waals surface area contributed by atoms with Gasteiger partial charge in [0.2, 0.25) is 0 Å². The second kappa shape index (κ2) is 10.3. The standard InChI is InChI=1S/C31H31N5O8/c1-42-23-7-4-8-24(43-2)26(23)22-14-20(35-36(22)21-6-3-5-19-25(21)29(39)34-33-27(19)37)28(38)32-31(44-30(40)41)17-10-15-9-16(12-17)13-18(31)11-15/h3-8,14-18H,9-13H2,1-2H3,(H,32,38)(H,33,37)(H,34,39)(H,40,41). The van der Waals surface area contributed by atoms with Gasteiger partial charge in [-0.3, -0.25) is 24.6 Å². The topological polar surface area (TPSA) is 178 Å². The largest absolute Gasteiger partial charge is 0.507 e. The number of carbonyl (C=O) groups excluding carboxylic acids is 1. The van der Waals surface area contributed by atoms with Crippen LogP contribution in [0.3, 0.4) is 0 Å². The maximum atomic E-state index is 14.1. The quantitative estimate of drug-likeness (QED) is 0.182. The molecule has 2 heterocycles. The lowest BCUT2D eigenvalue weighted by atomic mass is 9.52. The minimum atomic E-state index is -1.44. The van der Waals surface area contributed by atoms with Gasteiger partial charge in [-0.05, 0) is 74.3 Å². The van der Waals surface area contributed by atoms with Gasteiger partial charge in [-0.1, -0.05) is 12.1 Å². The Hall–Kier alpha value is -5.07. The van der Waals surface area contributed by atoms with E-state index in [1.54, 1.807) is 30.3 Å². The number of nitrogens with one attached hydrogen (secondary N) is 3. The molecule has 4 N–H and O–H groups in total. The number of ether oxygens (including phenoxy) is 3. The molecule has 0 radical (unpaired) electrons. The van der Waals surface area contributed by atoms with Crippen molar-refractivity contribution < 1.29 is 28.9 Å². The van der Waals surface area contributed by atoms with Gasteiger partial charge in [-0.15, -0.1) is 0 Å². The Balaban J connectivity index is 1.40. The highest BCUT2D eigenvalue weighted by atomic mass is 16.7. The SMILES string of the molecule is COc1cccc(OC)c1-c1cc(C(=O)NC2(OC(=O)O)C3CC4CC(C3)CC2C4)nn1-c1cccc2c(=O)[nH][nH]c(=O)c12. The third kappa shape index (κ3) is 4.25. The number of fused-ring (bicyclic) bond motifs is 1. The molecule has 4 aromatic rings. The molecule has 0 aliphatic heterocycles. The Morgan fingerprint density at radius 3 is 2.16 bits per heavy atom. The Morgan fingerprint density at radius 1 is 0.932 bits per heavy atom. The number of hydrogen-bond donors (Lipinski definition) is 4. The summed E-state index contributed by atoms with van der Waals surface area (Å²) in [6, 6.07) is 11.5. The number of methoxy groups -OCH3 is 2. The van der Waals surface area contributed by atoms with E-state index in [9.17, 15) is 24.3 Å². The Bertz CT molecular complexity index is 1870. The van der Waals surface area contributed by atoms with E-state index in [-0.39, 0.29) is 34.0 Å². The summed E-state index contributed by atoms with van der Waals surface area (Å²) in [5.74, 6) is 0.913. The summed E-state index contributed by atoms with van der Waals surface area (Å²) < 4.78 is 18.3. The molecule has 2 aromatic carbocycles. The lowest BCUT2D eigenvalue weighted by Gasteiger charge is -2.59. The van der Waals surface area contributed by atoms with Crippen LogP contribution in [0.5, 0.6) is 11.5 Å². The molecular weight excluding hydrogens is 570 g/mol. The monoisotopic (exact) mass is 601 g/mol. The van der Waals surface area contributed by atoms with Gasteiger partial charge in [-0.25, -0.2) is 9.48 Å². The van der Waals surface area contributed by atoms with Crippen LogP contribution in [0.25, 0.3) is 27.7 Å². The van der Waals surface area contributed by atoms with E-state index in [1.165, 1.54) is 31.0 Å². The third-order valence-electron chi connectivity index (χ3n) is 9.57.